The van der Waals surface area contributed by atoms with Gasteiger partial charge in [-0.3, -0.25) is 19.8 Å². The van der Waals surface area contributed by atoms with Gasteiger partial charge in [0.05, 0.1) is 0 Å². The van der Waals surface area contributed by atoms with Crippen molar-refractivity contribution in [2.75, 3.05) is 0 Å². The Kier molecular flexibility index (Phi) is 2.52. The zero-order valence-electron chi connectivity index (χ0n) is 10.5. The van der Waals surface area contributed by atoms with E-state index >= 15 is 0 Å². The Hall–Kier alpha value is -1.39. The minimum absolute atomic E-state index is 0.323. The summed E-state index contributed by atoms with van der Waals surface area (Å²) in [5.41, 5.74) is -1.43. The summed E-state index contributed by atoms with van der Waals surface area (Å²) < 4.78 is 0. The van der Waals surface area contributed by atoms with E-state index in [1.165, 1.54) is 4.90 Å². The largest absolute Gasteiger partial charge is 0.331 e. The van der Waals surface area contributed by atoms with Gasteiger partial charge in [0.25, 0.3) is 0 Å². The smallest absolute Gasteiger partial charge is 0.277 e. The summed E-state index contributed by atoms with van der Waals surface area (Å²) in [5, 5.41) is 2.33. The third-order valence-corrected chi connectivity index (χ3v) is 4.19. The molecule has 1 heterocycles. The molecule has 0 aromatic heterocycles. The second-order valence-electron chi connectivity index (χ2n) is 5.19. The zero-order chi connectivity index (χ0) is 12.8. The molecule has 0 spiro atoms. The van der Waals surface area contributed by atoms with E-state index in [1.807, 2.05) is 20.8 Å². The third kappa shape index (κ3) is 1.48. The van der Waals surface area contributed by atoms with Crippen LogP contribution in [0.5, 0.6) is 0 Å². The van der Waals surface area contributed by atoms with E-state index in [0.29, 0.717) is 12.8 Å². The van der Waals surface area contributed by atoms with Gasteiger partial charge in [0.1, 0.15) is 5.41 Å². The maximum absolute atomic E-state index is 12.5. The highest BCUT2D eigenvalue weighted by atomic mass is 16.2. The van der Waals surface area contributed by atoms with Gasteiger partial charge < -0.3 is 0 Å². The molecule has 17 heavy (non-hydrogen) atoms. The van der Waals surface area contributed by atoms with E-state index in [2.05, 4.69) is 5.32 Å². The Bertz CT molecular complexity index is 395. The van der Waals surface area contributed by atoms with Crippen LogP contribution in [-0.4, -0.2) is 28.3 Å². The second-order valence-corrected chi connectivity index (χ2v) is 5.19. The lowest BCUT2D eigenvalue weighted by atomic mass is 9.78. The molecule has 1 saturated heterocycles. The van der Waals surface area contributed by atoms with E-state index in [4.69, 9.17) is 0 Å². The van der Waals surface area contributed by atoms with Crippen LogP contribution in [0.1, 0.15) is 46.5 Å². The van der Waals surface area contributed by atoms with Crippen LogP contribution < -0.4 is 5.32 Å². The number of carbonyl (C=O) groups excluding carboxylic acids is 3. The number of carbonyl (C=O) groups is 3. The molecule has 2 rings (SSSR count). The first-order valence-electron chi connectivity index (χ1n) is 6.11. The van der Waals surface area contributed by atoms with Gasteiger partial charge in [-0.1, -0.05) is 13.8 Å². The predicted molar refractivity (Wildman–Crippen MR) is 61.0 cm³/mol. The summed E-state index contributed by atoms with van der Waals surface area (Å²) in [7, 11) is 0. The molecule has 4 amide bonds. The van der Waals surface area contributed by atoms with Crippen molar-refractivity contribution >= 4 is 17.8 Å². The molecule has 0 unspecified atom stereocenters. The van der Waals surface area contributed by atoms with Crippen LogP contribution >= 0.6 is 0 Å². The molecule has 0 aromatic rings. The van der Waals surface area contributed by atoms with E-state index < -0.39 is 17.4 Å². The van der Waals surface area contributed by atoms with Gasteiger partial charge in [-0.05, 0) is 32.6 Å². The maximum atomic E-state index is 12.5. The minimum atomic E-state index is -1.06. The molecule has 0 radical (unpaired) electrons. The highest BCUT2D eigenvalue weighted by Crippen LogP contribution is 2.45. The number of hydrogen-bond acceptors (Lipinski definition) is 3. The van der Waals surface area contributed by atoms with Crippen LogP contribution in [0.3, 0.4) is 0 Å². The van der Waals surface area contributed by atoms with Gasteiger partial charge in [0.2, 0.25) is 11.8 Å². The molecule has 2 fully saturated rings. The lowest BCUT2D eigenvalue weighted by molar-refractivity contribution is -0.153. The van der Waals surface area contributed by atoms with E-state index in [0.717, 1.165) is 12.8 Å². The molecular weight excluding hydrogens is 220 g/mol. The van der Waals surface area contributed by atoms with Gasteiger partial charge in [0, 0.05) is 5.54 Å². The Morgan fingerprint density at radius 2 is 1.71 bits per heavy atom. The molecule has 1 saturated carbocycles. The van der Waals surface area contributed by atoms with Crippen molar-refractivity contribution in [3.8, 4) is 0 Å². The fraction of sp³-hybridized carbons (Fsp3) is 0.750. The van der Waals surface area contributed by atoms with Crippen molar-refractivity contribution < 1.29 is 14.4 Å². The minimum Gasteiger partial charge on any atom is -0.277 e. The van der Waals surface area contributed by atoms with Gasteiger partial charge in [-0.25, -0.2) is 4.79 Å². The molecule has 1 aliphatic heterocycles. The van der Waals surface area contributed by atoms with Crippen LogP contribution in [0, 0.1) is 5.41 Å². The molecule has 1 aliphatic carbocycles. The fourth-order valence-corrected chi connectivity index (χ4v) is 2.44. The zero-order valence-corrected chi connectivity index (χ0v) is 10.5. The predicted octanol–water partition coefficient (Wildman–Crippen LogP) is 1.42. The third-order valence-electron chi connectivity index (χ3n) is 4.19. The molecule has 0 aromatic carbocycles. The normalized spacial score (nSPS) is 25.8. The number of hydrogen-bond donors (Lipinski definition) is 1. The van der Waals surface area contributed by atoms with E-state index in [-0.39, 0.29) is 11.4 Å². The summed E-state index contributed by atoms with van der Waals surface area (Å²) in [4.78, 5) is 37.4. The van der Waals surface area contributed by atoms with Crippen LogP contribution in [-0.2, 0) is 9.59 Å². The maximum Gasteiger partial charge on any atom is 0.331 e. The monoisotopic (exact) mass is 238 g/mol. The molecule has 0 bridgehead atoms. The topological polar surface area (TPSA) is 66.5 Å². The van der Waals surface area contributed by atoms with Crippen molar-refractivity contribution in [2.45, 2.75) is 52.0 Å². The van der Waals surface area contributed by atoms with Crippen LogP contribution in [0.25, 0.3) is 0 Å². The molecule has 5 nitrogen and oxygen atoms in total. The number of rotatable bonds is 3. The Morgan fingerprint density at radius 1 is 1.18 bits per heavy atom. The summed E-state index contributed by atoms with van der Waals surface area (Å²) in [6, 6.07) is -0.558. The van der Waals surface area contributed by atoms with Crippen LogP contribution in [0.4, 0.5) is 4.79 Å². The summed E-state index contributed by atoms with van der Waals surface area (Å²) in [5.74, 6) is -0.769. The summed E-state index contributed by atoms with van der Waals surface area (Å²) >= 11 is 0. The van der Waals surface area contributed by atoms with Crippen molar-refractivity contribution in [1.29, 1.82) is 0 Å². The van der Waals surface area contributed by atoms with Crippen LogP contribution in [0.2, 0.25) is 0 Å². The fourth-order valence-electron chi connectivity index (χ4n) is 2.44. The van der Waals surface area contributed by atoms with Crippen molar-refractivity contribution in [3.63, 3.8) is 0 Å². The van der Waals surface area contributed by atoms with Crippen molar-refractivity contribution in [3.05, 3.63) is 0 Å². The number of nitrogens with one attached hydrogen (secondary N) is 1. The lowest BCUT2D eigenvalue weighted by Gasteiger charge is -2.41. The number of urea groups is 1. The average Bonchev–Trinajstić information content (AvgIpc) is 2.98. The Labute approximate surface area is 101 Å². The lowest BCUT2D eigenvalue weighted by Crippen LogP contribution is -2.66. The quantitative estimate of drug-likeness (QED) is 0.756. The Balaban J connectivity index is 2.40. The highest BCUT2D eigenvalue weighted by molar-refractivity contribution is 6.19. The van der Waals surface area contributed by atoms with Crippen molar-refractivity contribution in [1.82, 2.24) is 10.2 Å². The van der Waals surface area contributed by atoms with E-state index in [1.54, 1.807) is 0 Å². The molecular formula is C12H18N2O3. The molecule has 0 atom stereocenters. The van der Waals surface area contributed by atoms with Gasteiger partial charge in [0.15, 0.2) is 0 Å². The number of amides is 4. The van der Waals surface area contributed by atoms with Crippen molar-refractivity contribution in [2.24, 2.45) is 5.41 Å². The SMILES string of the molecule is CCC1(CC)C(=O)NC(=O)N(C2(C)CC2)C1=O. The molecule has 5 heteroatoms. The molecule has 94 valence electrons. The first kappa shape index (κ1) is 12.1. The Morgan fingerprint density at radius 3 is 2.12 bits per heavy atom. The second kappa shape index (κ2) is 3.55. The summed E-state index contributed by atoms with van der Waals surface area (Å²) in [6.07, 6.45) is 2.50. The first-order chi connectivity index (χ1) is 7.91. The first-order valence-corrected chi connectivity index (χ1v) is 6.11. The summed E-state index contributed by atoms with van der Waals surface area (Å²) in [6.45, 7) is 5.50. The van der Waals surface area contributed by atoms with Gasteiger partial charge in [-0.15, -0.1) is 0 Å². The highest BCUT2D eigenvalue weighted by Gasteiger charge is 2.59. The molecule has 2 aliphatic rings. The number of barbiturate groups is 1. The standard InChI is InChI=1S/C12H18N2O3/c1-4-12(5-2)8(15)13-10(17)14(9(12)16)11(3)6-7-11/h4-7H2,1-3H3,(H,13,15,17). The number of nitrogens with zero attached hydrogens (tertiary/aromatic N) is 1. The van der Waals surface area contributed by atoms with Gasteiger partial charge >= 0.3 is 6.03 Å². The van der Waals surface area contributed by atoms with E-state index in [9.17, 15) is 14.4 Å². The van der Waals surface area contributed by atoms with Gasteiger partial charge in [-0.2, -0.15) is 0 Å². The average molecular weight is 238 g/mol. The van der Waals surface area contributed by atoms with Crippen LogP contribution in [0.15, 0.2) is 0 Å². The molecule has 1 N–H and O–H groups in total. The number of imide groups is 2.